The molecule has 0 bridgehead atoms. The molecule has 1 amide bonds. The highest BCUT2D eigenvalue weighted by atomic mass is 32.2. The summed E-state index contributed by atoms with van der Waals surface area (Å²) in [6.45, 7) is 3.78. The van der Waals surface area contributed by atoms with Gasteiger partial charge in [0.2, 0.25) is 15.9 Å². The molecule has 0 aromatic heterocycles. The minimum atomic E-state index is -3.85. The van der Waals surface area contributed by atoms with Gasteiger partial charge in [-0.05, 0) is 36.6 Å². The smallest absolute Gasteiger partial charge is 0.241 e. The van der Waals surface area contributed by atoms with Crippen molar-refractivity contribution >= 4 is 15.9 Å². The summed E-state index contributed by atoms with van der Waals surface area (Å²) in [4.78, 5) is 11.6. The molecule has 1 rings (SSSR count). The number of rotatable bonds is 6. The number of likely N-dealkylation sites (N-methyl/N-ethyl adjacent to an activating group) is 1. The van der Waals surface area contributed by atoms with Crippen LogP contribution in [0.15, 0.2) is 29.2 Å². The van der Waals surface area contributed by atoms with Gasteiger partial charge in [0, 0.05) is 7.05 Å². The number of hydrogen-bond donors (Lipinski definition) is 2. The third-order valence-electron chi connectivity index (χ3n) is 2.69. The van der Waals surface area contributed by atoms with E-state index in [1.54, 1.807) is 0 Å². The number of amides is 1. The lowest BCUT2D eigenvalue weighted by Gasteiger charge is -2.19. The SMILES string of the molecule is CNC(=O)C(CC(C)C)NS(=O)(=O)c1ccc(F)cc1. The molecule has 0 aliphatic carbocycles. The second-order valence-corrected chi connectivity index (χ2v) is 6.59. The van der Waals surface area contributed by atoms with Gasteiger partial charge in [-0.3, -0.25) is 4.79 Å². The lowest BCUT2D eigenvalue weighted by Crippen LogP contribution is -2.46. The zero-order valence-corrected chi connectivity index (χ0v) is 12.5. The molecule has 1 unspecified atom stereocenters. The number of sulfonamides is 1. The van der Waals surface area contributed by atoms with E-state index in [4.69, 9.17) is 0 Å². The van der Waals surface area contributed by atoms with Crippen LogP contribution in [0.4, 0.5) is 4.39 Å². The highest BCUT2D eigenvalue weighted by molar-refractivity contribution is 7.89. The van der Waals surface area contributed by atoms with Gasteiger partial charge in [0.15, 0.2) is 0 Å². The molecule has 1 atom stereocenters. The molecule has 7 heteroatoms. The van der Waals surface area contributed by atoms with Crippen LogP contribution in [0.5, 0.6) is 0 Å². The summed E-state index contributed by atoms with van der Waals surface area (Å²) >= 11 is 0. The zero-order valence-electron chi connectivity index (χ0n) is 11.7. The van der Waals surface area contributed by atoms with Crippen molar-refractivity contribution in [2.24, 2.45) is 5.92 Å². The maximum atomic E-state index is 12.8. The van der Waals surface area contributed by atoms with Gasteiger partial charge in [-0.25, -0.2) is 12.8 Å². The fourth-order valence-corrected chi connectivity index (χ4v) is 2.93. The first-order valence-electron chi connectivity index (χ1n) is 6.25. The predicted octanol–water partition coefficient (Wildman–Crippen LogP) is 1.26. The maximum absolute atomic E-state index is 12.8. The van der Waals surface area contributed by atoms with Gasteiger partial charge in [0.1, 0.15) is 11.9 Å². The third-order valence-corrected chi connectivity index (χ3v) is 4.18. The van der Waals surface area contributed by atoms with Crippen LogP contribution in [0.3, 0.4) is 0 Å². The predicted molar refractivity (Wildman–Crippen MR) is 74.0 cm³/mol. The van der Waals surface area contributed by atoms with Crippen molar-refractivity contribution in [2.75, 3.05) is 7.05 Å². The summed E-state index contributed by atoms with van der Waals surface area (Å²) in [6.07, 6.45) is 0.375. The molecule has 1 aromatic rings. The molecular weight excluding hydrogens is 283 g/mol. The van der Waals surface area contributed by atoms with Gasteiger partial charge in [0.25, 0.3) is 0 Å². The number of halogens is 1. The lowest BCUT2D eigenvalue weighted by molar-refractivity contribution is -0.122. The molecule has 5 nitrogen and oxygen atoms in total. The largest absolute Gasteiger partial charge is 0.358 e. The molecule has 0 aliphatic rings. The number of carbonyl (C=O) groups is 1. The van der Waals surface area contributed by atoms with E-state index in [1.165, 1.54) is 7.05 Å². The molecule has 0 radical (unpaired) electrons. The molecule has 0 saturated heterocycles. The van der Waals surface area contributed by atoms with E-state index in [9.17, 15) is 17.6 Å². The first-order chi connectivity index (χ1) is 9.26. The van der Waals surface area contributed by atoms with Crippen LogP contribution in [0, 0.1) is 11.7 Å². The van der Waals surface area contributed by atoms with E-state index in [2.05, 4.69) is 10.0 Å². The van der Waals surface area contributed by atoms with Crippen LogP contribution in [0.1, 0.15) is 20.3 Å². The van der Waals surface area contributed by atoms with Crippen molar-refractivity contribution in [3.8, 4) is 0 Å². The van der Waals surface area contributed by atoms with Crippen LogP contribution in [0.25, 0.3) is 0 Å². The Bertz CT molecular complexity index is 555. The summed E-state index contributed by atoms with van der Waals surface area (Å²) in [5, 5.41) is 2.43. The standard InChI is InChI=1S/C13H19FN2O3S/c1-9(2)8-12(13(17)15-3)16-20(18,19)11-6-4-10(14)5-7-11/h4-7,9,12,16H,8H2,1-3H3,(H,15,17). The van der Waals surface area contributed by atoms with Crippen LogP contribution >= 0.6 is 0 Å². The molecule has 0 fully saturated rings. The van der Waals surface area contributed by atoms with Gasteiger partial charge in [-0.15, -0.1) is 0 Å². The van der Waals surface area contributed by atoms with Crippen molar-refractivity contribution in [3.05, 3.63) is 30.1 Å². The van der Waals surface area contributed by atoms with E-state index in [0.29, 0.717) is 6.42 Å². The van der Waals surface area contributed by atoms with Crippen LogP contribution in [-0.2, 0) is 14.8 Å². The number of carbonyl (C=O) groups excluding carboxylic acids is 1. The molecule has 2 N–H and O–H groups in total. The highest BCUT2D eigenvalue weighted by Gasteiger charge is 2.25. The first-order valence-corrected chi connectivity index (χ1v) is 7.74. The Morgan fingerprint density at radius 2 is 1.80 bits per heavy atom. The van der Waals surface area contributed by atoms with E-state index in [1.807, 2.05) is 13.8 Å². The Hall–Kier alpha value is -1.47. The molecule has 0 heterocycles. The zero-order chi connectivity index (χ0) is 15.3. The van der Waals surface area contributed by atoms with E-state index >= 15 is 0 Å². The van der Waals surface area contributed by atoms with Gasteiger partial charge >= 0.3 is 0 Å². The summed E-state index contributed by atoms with van der Waals surface area (Å²) in [5.74, 6) is -0.772. The van der Waals surface area contributed by atoms with Gasteiger partial charge in [-0.2, -0.15) is 4.72 Å². The van der Waals surface area contributed by atoms with Crippen molar-refractivity contribution < 1.29 is 17.6 Å². The lowest BCUT2D eigenvalue weighted by atomic mass is 10.0. The minimum absolute atomic E-state index is 0.0726. The second kappa shape index (κ2) is 6.81. The van der Waals surface area contributed by atoms with Crippen LogP contribution in [0.2, 0.25) is 0 Å². The Morgan fingerprint density at radius 3 is 2.25 bits per heavy atom. The molecule has 0 spiro atoms. The topological polar surface area (TPSA) is 75.3 Å². The van der Waals surface area contributed by atoms with Crippen molar-refractivity contribution in [3.63, 3.8) is 0 Å². The fourth-order valence-electron chi connectivity index (χ4n) is 1.72. The van der Waals surface area contributed by atoms with Gasteiger partial charge in [0.05, 0.1) is 4.90 Å². The average molecular weight is 302 g/mol. The fraction of sp³-hybridized carbons (Fsp3) is 0.462. The van der Waals surface area contributed by atoms with Crippen LogP contribution < -0.4 is 10.0 Å². The maximum Gasteiger partial charge on any atom is 0.241 e. The number of hydrogen-bond acceptors (Lipinski definition) is 3. The molecule has 1 aromatic carbocycles. The molecule has 20 heavy (non-hydrogen) atoms. The average Bonchev–Trinajstić information content (AvgIpc) is 2.36. The van der Waals surface area contributed by atoms with Crippen LogP contribution in [-0.4, -0.2) is 27.4 Å². The minimum Gasteiger partial charge on any atom is -0.358 e. The normalized spacial score (nSPS) is 13.2. The van der Waals surface area contributed by atoms with Crippen molar-refractivity contribution in [1.29, 1.82) is 0 Å². The first kappa shape index (κ1) is 16.6. The van der Waals surface area contributed by atoms with Gasteiger partial charge < -0.3 is 5.32 Å². The Kier molecular flexibility index (Phi) is 5.64. The monoisotopic (exact) mass is 302 g/mol. The van der Waals surface area contributed by atoms with Crippen molar-refractivity contribution in [1.82, 2.24) is 10.0 Å². The second-order valence-electron chi connectivity index (χ2n) is 4.87. The Balaban J connectivity index is 2.96. The van der Waals surface area contributed by atoms with Gasteiger partial charge in [-0.1, -0.05) is 13.8 Å². The Morgan fingerprint density at radius 1 is 1.25 bits per heavy atom. The number of benzene rings is 1. The molecular formula is C13H19FN2O3S. The van der Waals surface area contributed by atoms with E-state index in [-0.39, 0.29) is 10.8 Å². The Labute approximate surface area is 118 Å². The van der Waals surface area contributed by atoms with Crippen molar-refractivity contribution in [2.45, 2.75) is 31.2 Å². The summed E-state index contributed by atoms with van der Waals surface area (Å²) in [7, 11) is -2.41. The molecule has 112 valence electrons. The quantitative estimate of drug-likeness (QED) is 0.831. The number of nitrogens with one attached hydrogen (secondary N) is 2. The summed E-state index contributed by atoms with van der Waals surface area (Å²) in [5.41, 5.74) is 0. The third kappa shape index (κ3) is 4.57. The van der Waals surface area contributed by atoms with E-state index in [0.717, 1.165) is 24.3 Å². The van der Waals surface area contributed by atoms with E-state index < -0.39 is 27.8 Å². The molecule has 0 aliphatic heterocycles. The summed E-state index contributed by atoms with van der Waals surface area (Å²) < 4.78 is 39.4. The highest BCUT2D eigenvalue weighted by Crippen LogP contribution is 2.13. The molecule has 0 saturated carbocycles. The summed E-state index contributed by atoms with van der Waals surface area (Å²) in [6, 6.07) is 3.59.